The van der Waals surface area contributed by atoms with E-state index in [9.17, 15) is 9.90 Å². The number of carbonyl (C=O) groups is 1. The van der Waals surface area contributed by atoms with Gasteiger partial charge in [0, 0.05) is 43.1 Å². The van der Waals surface area contributed by atoms with Gasteiger partial charge in [0.25, 0.3) is 0 Å². The van der Waals surface area contributed by atoms with Crippen molar-refractivity contribution < 1.29 is 50.7 Å². The van der Waals surface area contributed by atoms with Crippen LogP contribution in [0.3, 0.4) is 0 Å². The second kappa shape index (κ2) is 18.5. The van der Waals surface area contributed by atoms with Gasteiger partial charge in [-0.2, -0.15) is 0 Å². The Morgan fingerprint density at radius 3 is 2.00 bits per heavy atom. The molecule has 10 heteroatoms. The summed E-state index contributed by atoms with van der Waals surface area (Å²) in [6.07, 6.45) is 4.60. The first-order chi connectivity index (χ1) is 14.8. The van der Waals surface area contributed by atoms with Crippen LogP contribution in [0.4, 0.5) is 0 Å². The summed E-state index contributed by atoms with van der Waals surface area (Å²) in [5, 5.41) is 10.5. The number of rotatable bonds is 7. The van der Waals surface area contributed by atoms with Crippen molar-refractivity contribution in [3.63, 3.8) is 0 Å². The minimum atomic E-state index is -1.68. The zero-order valence-corrected chi connectivity index (χ0v) is 21.2. The average molecular weight is 500 g/mol. The summed E-state index contributed by atoms with van der Waals surface area (Å²) >= 11 is 0. The maximum atomic E-state index is 12.1. The zero-order chi connectivity index (χ0) is 24.6. The summed E-state index contributed by atoms with van der Waals surface area (Å²) in [5.41, 5.74) is 1.13. The van der Waals surface area contributed by atoms with Gasteiger partial charge in [-0.3, -0.25) is 4.79 Å². The number of aliphatic hydroxyl groups is 1. The third-order valence-electron chi connectivity index (χ3n) is 4.54. The first-order valence-corrected chi connectivity index (χ1v) is 12.8. The predicted molar refractivity (Wildman–Crippen MR) is 114 cm³/mol. The third-order valence-corrected chi connectivity index (χ3v) is 6.59. The fourth-order valence-electron chi connectivity index (χ4n) is 3.25. The Labute approximate surface area is 201 Å². The maximum Gasteiger partial charge on any atom is 0 e. The van der Waals surface area contributed by atoms with E-state index in [1.807, 2.05) is 12.3 Å². The summed E-state index contributed by atoms with van der Waals surface area (Å²) in [6, 6.07) is 4.06. The summed E-state index contributed by atoms with van der Waals surface area (Å²) in [4.78, 5) is 14.3. The largest absolute Gasteiger partial charge is 0 e. The summed E-state index contributed by atoms with van der Waals surface area (Å²) < 4.78 is 33.5. The van der Waals surface area contributed by atoms with Gasteiger partial charge in [0.05, 0.1) is 28.3 Å². The standard InChI is InChI=1S/C19H29NO4Si.3CO.Cr/c1-23-17-12-15(19(25(3,4)5)13-18(17)24-2)16-11-14(22)7-9-20(16)8-6-10-21;3*1-2;/h7,9,12-13,16,21H,6,8,10-11H2,1-5H3;;;;/t16-;;;;/m0..../s1. The van der Waals surface area contributed by atoms with Crippen LogP contribution in [-0.4, -0.2) is 51.2 Å². The molecule has 1 atom stereocenters. The molecule has 1 aliphatic rings. The molecule has 8 nitrogen and oxygen atoms in total. The number of ketones is 1. The smallest absolute Gasteiger partial charge is 0 e. The molecule has 0 bridgehead atoms. The number of nitrogens with zero attached hydrogens (tertiary/aromatic N) is 1. The molecule has 0 radical (unpaired) electrons. The zero-order valence-electron chi connectivity index (χ0n) is 19.0. The molecule has 174 valence electrons. The van der Waals surface area contributed by atoms with Gasteiger partial charge in [-0.1, -0.05) is 24.8 Å². The van der Waals surface area contributed by atoms with Crippen molar-refractivity contribution in [2.24, 2.45) is 0 Å². The molecule has 0 amide bonds. The van der Waals surface area contributed by atoms with E-state index in [1.54, 1.807) is 20.3 Å². The van der Waals surface area contributed by atoms with Gasteiger partial charge in [0.15, 0.2) is 17.3 Å². The fraction of sp³-hybridized carbons (Fsp3) is 0.455. The Bertz CT molecular complexity index is 771. The van der Waals surface area contributed by atoms with Crippen molar-refractivity contribution in [3.05, 3.63) is 49.9 Å². The van der Waals surface area contributed by atoms with Gasteiger partial charge < -0.3 is 19.5 Å². The molecule has 0 aliphatic carbocycles. The van der Waals surface area contributed by atoms with Gasteiger partial charge in [-0.15, -0.1) is 0 Å². The number of hydrogen-bond donors (Lipinski definition) is 1. The van der Waals surface area contributed by atoms with E-state index >= 15 is 0 Å². The topological polar surface area (TPSA) is 119 Å². The Morgan fingerprint density at radius 2 is 1.56 bits per heavy atom. The van der Waals surface area contributed by atoms with Crippen LogP contribution in [0.5, 0.6) is 11.5 Å². The molecule has 1 N–H and O–H groups in total. The van der Waals surface area contributed by atoms with Crippen LogP contribution >= 0.6 is 0 Å². The molecule has 0 aromatic heterocycles. The average Bonchev–Trinajstić information content (AvgIpc) is 2.80. The van der Waals surface area contributed by atoms with Crippen molar-refractivity contribution in [2.75, 3.05) is 27.4 Å². The van der Waals surface area contributed by atoms with Crippen molar-refractivity contribution in [1.82, 2.24) is 4.90 Å². The van der Waals surface area contributed by atoms with Crippen molar-refractivity contribution in [1.29, 1.82) is 0 Å². The number of benzene rings is 1. The van der Waals surface area contributed by atoms with E-state index in [-0.39, 0.29) is 35.8 Å². The Balaban J connectivity index is -0.00000111. The molecular weight excluding hydrogens is 470 g/mol. The molecule has 1 heterocycles. The fourth-order valence-corrected chi connectivity index (χ4v) is 4.92. The molecule has 0 spiro atoms. The number of carbonyl (C=O) groups excluding carboxylic acids is 1. The molecule has 0 unspecified atom stereocenters. The molecule has 0 fully saturated rings. The summed E-state index contributed by atoms with van der Waals surface area (Å²) in [5.74, 6) is 1.54. The van der Waals surface area contributed by atoms with Gasteiger partial charge in [0.1, 0.15) is 0 Å². The van der Waals surface area contributed by atoms with Crippen LogP contribution in [0, 0.1) is 20.0 Å². The molecular formula is C22H29CrNO7Si. The van der Waals surface area contributed by atoms with Crippen molar-refractivity contribution in [2.45, 2.75) is 38.5 Å². The van der Waals surface area contributed by atoms with Gasteiger partial charge in [-0.25, -0.2) is 0 Å². The summed E-state index contributed by atoms with van der Waals surface area (Å²) in [7, 11) is 1.60. The van der Waals surface area contributed by atoms with Crippen molar-refractivity contribution in [3.8, 4) is 11.5 Å². The molecule has 0 saturated heterocycles. The Hall–Kier alpha value is -2.04. The second-order valence-corrected chi connectivity index (χ2v) is 12.4. The number of methoxy groups -OCH3 is 2. The van der Waals surface area contributed by atoms with E-state index < -0.39 is 8.07 Å². The SMILES string of the molecule is COc1cc([C@@H]2CC(=O)C=CN2CCCO)c([Si](C)(C)C)cc1OC.[C-]#[O+].[C-]#[O+].[C-]#[O+].[Cr]. The number of hydrogen-bond acceptors (Lipinski definition) is 5. The third kappa shape index (κ3) is 10.1. The van der Waals surface area contributed by atoms with Crippen LogP contribution in [0.15, 0.2) is 24.4 Å². The van der Waals surface area contributed by atoms with Crippen LogP contribution < -0.4 is 14.7 Å². The van der Waals surface area contributed by atoms with Gasteiger partial charge >= 0.3 is 33.9 Å². The normalized spacial score (nSPS) is 14.1. The molecule has 1 aromatic carbocycles. The van der Waals surface area contributed by atoms with E-state index in [1.165, 1.54) is 5.19 Å². The van der Waals surface area contributed by atoms with E-state index in [4.69, 9.17) is 23.4 Å². The van der Waals surface area contributed by atoms with Crippen LogP contribution in [0.2, 0.25) is 19.6 Å². The van der Waals surface area contributed by atoms with Crippen LogP contribution in [0.1, 0.15) is 24.4 Å². The van der Waals surface area contributed by atoms with Gasteiger partial charge in [0.2, 0.25) is 0 Å². The van der Waals surface area contributed by atoms with Crippen LogP contribution in [-0.2, 0) is 36.1 Å². The number of ether oxygens (including phenoxy) is 2. The Kier molecular flexibility index (Phi) is 20.0. The van der Waals surface area contributed by atoms with Crippen LogP contribution in [0.25, 0.3) is 0 Å². The monoisotopic (exact) mass is 499 g/mol. The molecule has 1 aromatic rings. The number of aliphatic hydroxyl groups excluding tert-OH is 1. The quantitative estimate of drug-likeness (QED) is 0.351. The molecule has 1 aliphatic heterocycles. The van der Waals surface area contributed by atoms with E-state index in [0.717, 1.165) is 11.3 Å². The Morgan fingerprint density at radius 1 is 1.06 bits per heavy atom. The maximum absolute atomic E-state index is 12.1. The predicted octanol–water partition coefficient (Wildman–Crippen LogP) is 2.35. The first kappa shape index (κ1) is 34.6. The minimum absolute atomic E-state index is 0. The molecule has 2 rings (SSSR count). The second-order valence-electron chi connectivity index (χ2n) is 7.36. The first-order valence-electron chi connectivity index (χ1n) is 9.27. The minimum Gasteiger partial charge on any atom is 0 e. The van der Waals surface area contributed by atoms with E-state index in [0.29, 0.717) is 25.1 Å². The summed E-state index contributed by atoms with van der Waals surface area (Å²) in [6.45, 7) is 21.2. The molecule has 32 heavy (non-hydrogen) atoms. The van der Waals surface area contributed by atoms with Crippen molar-refractivity contribution >= 4 is 19.0 Å². The van der Waals surface area contributed by atoms with E-state index in [2.05, 4.69) is 50.6 Å². The van der Waals surface area contributed by atoms with Gasteiger partial charge in [-0.05, 0) is 30.2 Å². The number of allylic oxidation sites excluding steroid dienone is 1. The molecule has 0 saturated carbocycles.